The number of carbonyl (C=O) groups is 1. The maximum atomic E-state index is 13.7. The normalized spacial score (nSPS) is 12.1. The van der Waals surface area contributed by atoms with Crippen LogP contribution in [-0.2, 0) is 17.8 Å². The largest absolute Gasteiger partial charge is 0.481 e. The van der Waals surface area contributed by atoms with Gasteiger partial charge in [0.05, 0.1) is 0 Å². The van der Waals surface area contributed by atoms with E-state index >= 15 is 0 Å². The minimum Gasteiger partial charge on any atom is -0.481 e. The Morgan fingerprint density at radius 2 is 1.71 bits per heavy atom. The molecule has 1 unspecified atom stereocenters. The lowest BCUT2D eigenvalue weighted by molar-refractivity contribution is -0.137. The second-order valence-corrected chi connectivity index (χ2v) is 5.56. The Labute approximate surface area is 138 Å². The Kier molecular flexibility index (Phi) is 6.37. The van der Waals surface area contributed by atoms with E-state index < -0.39 is 23.4 Å². The van der Waals surface area contributed by atoms with Crippen molar-refractivity contribution in [2.45, 2.75) is 31.8 Å². The summed E-state index contributed by atoms with van der Waals surface area (Å²) in [4.78, 5) is 10.8. The zero-order chi connectivity index (χ0) is 17.5. The number of nitrogens with one attached hydrogen (secondary N) is 1. The van der Waals surface area contributed by atoms with E-state index in [9.17, 15) is 18.0 Å². The summed E-state index contributed by atoms with van der Waals surface area (Å²) in [5.74, 6) is -4.10. The van der Waals surface area contributed by atoms with Crippen LogP contribution in [0, 0.1) is 17.5 Å². The number of hydrogen-bond donors (Lipinski definition) is 2. The first kappa shape index (κ1) is 18.0. The van der Waals surface area contributed by atoms with Crippen molar-refractivity contribution in [3.63, 3.8) is 0 Å². The van der Waals surface area contributed by atoms with Crippen molar-refractivity contribution in [2.75, 3.05) is 0 Å². The van der Waals surface area contributed by atoms with Crippen molar-refractivity contribution >= 4 is 5.97 Å². The highest BCUT2D eigenvalue weighted by Crippen LogP contribution is 2.15. The molecule has 1 atom stereocenters. The molecule has 2 aromatic carbocycles. The Bertz CT molecular complexity index is 692. The Balaban J connectivity index is 2.04. The number of benzene rings is 2. The molecule has 2 aromatic rings. The van der Waals surface area contributed by atoms with Gasteiger partial charge in [-0.2, -0.15) is 0 Å². The summed E-state index contributed by atoms with van der Waals surface area (Å²) in [5, 5.41) is 11.9. The van der Waals surface area contributed by atoms with Crippen LogP contribution in [0.1, 0.15) is 24.0 Å². The van der Waals surface area contributed by atoms with Crippen LogP contribution in [0.15, 0.2) is 42.5 Å². The zero-order valence-electron chi connectivity index (χ0n) is 12.9. The van der Waals surface area contributed by atoms with Crippen molar-refractivity contribution in [1.29, 1.82) is 0 Å². The summed E-state index contributed by atoms with van der Waals surface area (Å²) in [5.41, 5.74) is 1.01. The van der Waals surface area contributed by atoms with E-state index in [1.165, 1.54) is 0 Å². The molecule has 24 heavy (non-hydrogen) atoms. The van der Waals surface area contributed by atoms with Gasteiger partial charge < -0.3 is 10.4 Å². The summed E-state index contributed by atoms with van der Waals surface area (Å²) in [6.45, 7) is -0.0137. The molecule has 6 heteroatoms. The molecule has 0 saturated heterocycles. The van der Waals surface area contributed by atoms with E-state index in [-0.39, 0.29) is 24.6 Å². The van der Waals surface area contributed by atoms with Crippen LogP contribution in [0.4, 0.5) is 13.2 Å². The molecule has 0 saturated carbocycles. The third-order valence-corrected chi connectivity index (χ3v) is 3.70. The summed E-state index contributed by atoms with van der Waals surface area (Å²) < 4.78 is 39.9. The minimum atomic E-state index is -1.23. The fraction of sp³-hybridized carbons (Fsp3) is 0.278. The second kappa shape index (κ2) is 8.49. The molecule has 0 heterocycles. The van der Waals surface area contributed by atoms with Crippen LogP contribution in [0.2, 0.25) is 0 Å². The second-order valence-electron chi connectivity index (χ2n) is 5.56. The predicted octanol–water partition coefficient (Wildman–Crippen LogP) is 3.67. The number of carboxylic acid groups (broad SMARTS) is 1. The maximum absolute atomic E-state index is 13.7. The van der Waals surface area contributed by atoms with E-state index in [4.69, 9.17) is 5.11 Å². The van der Waals surface area contributed by atoms with Gasteiger partial charge in [0.2, 0.25) is 0 Å². The van der Waals surface area contributed by atoms with Crippen LogP contribution in [0.25, 0.3) is 0 Å². The standard InChI is InChI=1S/C18H18F3NO2/c19-15-10-17(21)16(20)9-13(15)11-22-14(6-7-18(23)24)8-12-4-2-1-3-5-12/h1-5,9-10,14,22H,6-8,11H2,(H,23,24). The summed E-state index contributed by atoms with van der Waals surface area (Å²) in [6.07, 6.45) is 0.861. The van der Waals surface area contributed by atoms with Gasteiger partial charge in [0.25, 0.3) is 0 Å². The molecule has 0 radical (unpaired) electrons. The highest BCUT2D eigenvalue weighted by molar-refractivity contribution is 5.66. The van der Waals surface area contributed by atoms with Crippen molar-refractivity contribution < 1.29 is 23.1 Å². The lowest BCUT2D eigenvalue weighted by Crippen LogP contribution is -2.31. The zero-order valence-corrected chi connectivity index (χ0v) is 12.9. The highest BCUT2D eigenvalue weighted by Gasteiger charge is 2.14. The molecule has 128 valence electrons. The van der Waals surface area contributed by atoms with Crippen LogP contribution >= 0.6 is 0 Å². The van der Waals surface area contributed by atoms with Crippen molar-refractivity contribution in [3.8, 4) is 0 Å². The Morgan fingerprint density at radius 3 is 2.38 bits per heavy atom. The lowest BCUT2D eigenvalue weighted by atomic mass is 10.0. The first-order chi connectivity index (χ1) is 11.5. The van der Waals surface area contributed by atoms with Crippen molar-refractivity contribution in [2.24, 2.45) is 0 Å². The van der Waals surface area contributed by atoms with E-state index in [1.807, 2.05) is 30.3 Å². The summed E-state index contributed by atoms with van der Waals surface area (Å²) in [6, 6.07) is 10.5. The summed E-state index contributed by atoms with van der Waals surface area (Å²) in [7, 11) is 0. The summed E-state index contributed by atoms with van der Waals surface area (Å²) >= 11 is 0. The average molecular weight is 337 g/mol. The first-order valence-corrected chi connectivity index (χ1v) is 7.58. The molecule has 0 aliphatic rings. The van der Waals surface area contributed by atoms with Gasteiger partial charge in [0.15, 0.2) is 11.6 Å². The third kappa shape index (κ3) is 5.38. The van der Waals surface area contributed by atoms with Gasteiger partial charge in [-0.15, -0.1) is 0 Å². The van der Waals surface area contributed by atoms with Gasteiger partial charge in [0, 0.05) is 30.6 Å². The number of halogens is 3. The fourth-order valence-corrected chi connectivity index (χ4v) is 2.43. The SMILES string of the molecule is O=C(O)CCC(Cc1ccccc1)NCc1cc(F)c(F)cc1F. The molecule has 3 nitrogen and oxygen atoms in total. The van der Waals surface area contributed by atoms with Crippen LogP contribution in [-0.4, -0.2) is 17.1 Å². The van der Waals surface area contributed by atoms with Gasteiger partial charge in [-0.3, -0.25) is 4.79 Å². The third-order valence-electron chi connectivity index (χ3n) is 3.70. The Morgan fingerprint density at radius 1 is 1.04 bits per heavy atom. The molecule has 0 spiro atoms. The number of carboxylic acids is 1. The molecule has 0 amide bonds. The lowest BCUT2D eigenvalue weighted by Gasteiger charge is -2.18. The predicted molar refractivity (Wildman–Crippen MR) is 84.0 cm³/mol. The molecule has 2 rings (SSSR count). The molecule has 0 aliphatic heterocycles. The molecule has 0 aromatic heterocycles. The van der Waals surface area contributed by atoms with Crippen LogP contribution in [0.3, 0.4) is 0 Å². The molecular formula is C18H18F3NO2. The van der Waals surface area contributed by atoms with Gasteiger partial charge in [-0.1, -0.05) is 30.3 Å². The van der Waals surface area contributed by atoms with E-state index in [0.717, 1.165) is 11.6 Å². The number of hydrogen-bond acceptors (Lipinski definition) is 2. The fourth-order valence-electron chi connectivity index (χ4n) is 2.43. The van der Waals surface area contributed by atoms with Gasteiger partial charge in [-0.05, 0) is 24.5 Å². The van der Waals surface area contributed by atoms with Gasteiger partial charge in [-0.25, -0.2) is 13.2 Å². The minimum absolute atomic E-state index is 0.00212. The topological polar surface area (TPSA) is 49.3 Å². The first-order valence-electron chi connectivity index (χ1n) is 7.58. The van der Waals surface area contributed by atoms with E-state index in [2.05, 4.69) is 5.32 Å². The van der Waals surface area contributed by atoms with Gasteiger partial charge in [0.1, 0.15) is 5.82 Å². The number of aliphatic carboxylic acids is 1. The van der Waals surface area contributed by atoms with E-state index in [0.29, 0.717) is 18.9 Å². The number of rotatable bonds is 8. The molecular weight excluding hydrogens is 319 g/mol. The molecule has 2 N–H and O–H groups in total. The molecule has 0 aliphatic carbocycles. The maximum Gasteiger partial charge on any atom is 0.303 e. The molecule has 0 bridgehead atoms. The average Bonchev–Trinajstić information content (AvgIpc) is 2.55. The smallest absolute Gasteiger partial charge is 0.303 e. The Hall–Kier alpha value is -2.34. The highest BCUT2D eigenvalue weighted by atomic mass is 19.2. The van der Waals surface area contributed by atoms with Crippen LogP contribution in [0.5, 0.6) is 0 Å². The molecule has 0 fully saturated rings. The van der Waals surface area contributed by atoms with Crippen LogP contribution < -0.4 is 5.32 Å². The monoisotopic (exact) mass is 337 g/mol. The van der Waals surface area contributed by atoms with Crippen molar-refractivity contribution in [1.82, 2.24) is 5.32 Å². The quantitative estimate of drug-likeness (QED) is 0.723. The van der Waals surface area contributed by atoms with Gasteiger partial charge >= 0.3 is 5.97 Å². The van der Waals surface area contributed by atoms with Crippen molar-refractivity contribution in [3.05, 3.63) is 71.0 Å². The van der Waals surface area contributed by atoms with E-state index in [1.54, 1.807) is 0 Å².